The molecule has 7 nitrogen and oxygen atoms in total. The number of nitrogens with one attached hydrogen (secondary N) is 3. The molecule has 0 amide bonds. The summed E-state index contributed by atoms with van der Waals surface area (Å²) in [5.41, 5.74) is 7.60. The van der Waals surface area contributed by atoms with Crippen LogP contribution in [0.15, 0.2) is 5.10 Å². The van der Waals surface area contributed by atoms with E-state index in [9.17, 15) is 4.79 Å². The average molecular weight is 283 g/mol. The van der Waals surface area contributed by atoms with Gasteiger partial charge in [-0.25, -0.2) is 10.6 Å². The van der Waals surface area contributed by atoms with Crippen molar-refractivity contribution in [3.8, 4) is 0 Å². The normalized spacial score (nSPS) is 10.5. The van der Waals surface area contributed by atoms with Gasteiger partial charge in [0.15, 0.2) is 0 Å². The molecule has 0 saturated carbocycles. The lowest BCUT2D eigenvalue weighted by Crippen LogP contribution is -2.37. The Balaban J connectivity index is 2.91. The van der Waals surface area contributed by atoms with Crippen LogP contribution in [0.2, 0.25) is 0 Å². The van der Waals surface area contributed by atoms with Crippen LogP contribution in [-0.2, 0) is 4.74 Å². The first-order valence-corrected chi connectivity index (χ1v) is 6.08. The molecule has 1 rings (SSSR count). The highest BCUT2D eigenvalue weighted by molar-refractivity contribution is 7.80. The van der Waals surface area contributed by atoms with Gasteiger partial charge in [-0.05, 0) is 38.6 Å². The fourth-order valence-corrected chi connectivity index (χ4v) is 1.61. The first-order chi connectivity index (χ1) is 9.01. The van der Waals surface area contributed by atoms with E-state index in [1.165, 1.54) is 0 Å². The number of carbonyl (C=O) groups excluding carboxylic acids is 1. The minimum Gasteiger partial charge on any atom is -0.461 e. The van der Waals surface area contributed by atoms with Gasteiger partial charge in [-0.15, -0.1) is 0 Å². The van der Waals surface area contributed by atoms with Crippen LogP contribution in [0.1, 0.15) is 34.2 Å². The summed E-state index contributed by atoms with van der Waals surface area (Å²) in [5, 5.41) is 4.12. The van der Waals surface area contributed by atoms with E-state index in [1.54, 1.807) is 13.1 Å². The number of H-pyrrole nitrogens is 1. The van der Waals surface area contributed by atoms with Crippen molar-refractivity contribution in [1.82, 2.24) is 15.8 Å². The van der Waals surface area contributed by atoms with Crippen LogP contribution < -0.4 is 16.7 Å². The van der Waals surface area contributed by atoms with Crippen molar-refractivity contribution in [2.24, 2.45) is 10.9 Å². The van der Waals surface area contributed by atoms with Gasteiger partial charge in [-0.3, -0.25) is 10.9 Å². The number of thiocarbonyl (C=S) groups is 1. The van der Waals surface area contributed by atoms with Crippen molar-refractivity contribution in [2.75, 3.05) is 6.61 Å². The highest BCUT2D eigenvalue weighted by atomic mass is 32.1. The average Bonchev–Trinajstić information content (AvgIpc) is 2.66. The maximum absolute atomic E-state index is 11.7. The molecule has 0 radical (unpaired) electrons. The van der Waals surface area contributed by atoms with E-state index in [4.69, 9.17) is 22.8 Å². The molecule has 0 fully saturated rings. The van der Waals surface area contributed by atoms with E-state index < -0.39 is 0 Å². The Bertz CT molecular complexity index is 509. The molecule has 1 aromatic rings. The molecule has 0 aliphatic heterocycles. The quantitative estimate of drug-likeness (QED) is 0.211. The number of nitrogens with two attached hydrogens (primary N) is 1. The summed E-state index contributed by atoms with van der Waals surface area (Å²) in [4.78, 5) is 14.7. The fourth-order valence-electron chi connectivity index (χ4n) is 1.55. The third kappa shape index (κ3) is 3.76. The summed E-state index contributed by atoms with van der Waals surface area (Å²) in [6.45, 7) is 5.75. The van der Waals surface area contributed by atoms with Crippen LogP contribution in [0.4, 0.5) is 0 Å². The van der Waals surface area contributed by atoms with Gasteiger partial charge in [0.2, 0.25) is 5.11 Å². The van der Waals surface area contributed by atoms with Crippen molar-refractivity contribution in [3.63, 3.8) is 0 Å². The zero-order chi connectivity index (χ0) is 14.4. The molecule has 0 bridgehead atoms. The van der Waals surface area contributed by atoms with E-state index in [1.807, 2.05) is 13.8 Å². The summed E-state index contributed by atoms with van der Waals surface area (Å²) in [7, 11) is 0. The van der Waals surface area contributed by atoms with Crippen molar-refractivity contribution < 1.29 is 9.53 Å². The number of nitrogens with zero attached hydrogens (tertiary/aromatic N) is 1. The Labute approximate surface area is 116 Å². The second kappa shape index (κ2) is 6.86. The summed E-state index contributed by atoms with van der Waals surface area (Å²) in [6.07, 6.45) is 1.56. The van der Waals surface area contributed by atoms with Crippen LogP contribution >= 0.6 is 12.2 Å². The Morgan fingerprint density at radius 1 is 1.58 bits per heavy atom. The Hall–Kier alpha value is -1.93. The Morgan fingerprint density at radius 2 is 2.26 bits per heavy atom. The van der Waals surface area contributed by atoms with Gasteiger partial charge in [0.05, 0.1) is 12.8 Å². The van der Waals surface area contributed by atoms with Gasteiger partial charge in [-0.1, -0.05) is 0 Å². The number of hydrogen-bond acceptors (Lipinski definition) is 5. The first-order valence-electron chi connectivity index (χ1n) is 5.67. The predicted molar refractivity (Wildman–Crippen MR) is 76.9 cm³/mol. The lowest BCUT2D eigenvalue weighted by molar-refractivity contribution is 0.0519. The number of aromatic nitrogens is 1. The molecular formula is C11H17N5O2S. The smallest absolute Gasteiger partial charge is 0.355 e. The molecule has 19 heavy (non-hydrogen) atoms. The second-order valence-corrected chi connectivity index (χ2v) is 4.14. The zero-order valence-electron chi connectivity index (χ0n) is 11.0. The standard InChI is InChI=1S/C11H17N5O2S/c1-4-18-10(17)9-6(2)8(7(3)14-9)5-13-16-11(19)15-12/h5,14H,4,12H2,1-3H3,(H2,15,16,19)/b13-5+. The number of hydrazone groups is 1. The second-order valence-electron chi connectivity index (χ2n) is 3.73. The van der Waals surface area contributed by atoms with Crippen molar-refractivity contribution in [3.05, 3.63) is 22.5 Å². The summed E-state index contributed by atoms with van der Waals surface area (Å²) >= 11 is 4.77. The maximum Gasteiger partial charge on any atom is 0.355 e. The van der Waals surface area contributed by atoms with Crippen molar-refractivity contribution in [2.45, 2.75) is 20.8 Å². The van der Waals surface area contributed by atoms with Crippen LogP contribution in [0.5, 0.6) is 0 Å². The number of hydrazine groups is 1. The van der Waals surface area contributed by atoms with Gasteiger partial charge in [0.1, 0.15) is 5.69 Å². The zero-order valence-corrected chi connectivity index (χ0v) is 11.9. The molecule has 0 unspecified atom stereocenters. The largest absolute Gasteiger partial charge is 0.461 e. The number of esters is 1. The Kier molecular flexibility index (Phi) is 5.46. The van der Waals surface area contributed by atoms with Crippen molar-refractivity contribution in [1.29, 1.82) is 0 Å². The van der Waals surface area contributed by atoms with E-state index >= 15 is 0 Å². The molecule has 0 aromatic carbocycles. The molecular weight excluding hydrogens is 266 g/mol. The van der Waals surface area contributed by atoms with Gasteiger partial charge in [0, 0.05) is 11.3 Å². The lowest BCUT2D eigenvalue weighted by atomic mass is 10.1. The van der Waals surface area contributed by atoms with Gasteiger partial charge in [0.25, 0.3) is 0 Å². The molecule has 0 aliphatic rings. The lowest BCUT2D eigenvalue weighted by Gasteiger charge is -2.01. The summed E-state index contributed by atoms with van der Waals surface area (Å²) in [5.74, 6) is 4.71. The molecule has 1 heterocycles. The Morgan fingerprint density at radius 3 is 2.84 bits per heavy atom. The monoisotopic (exact) mass is 283 g/mol. The molecule has 0 spiro atoms. The minimum absolute atomic E-state index is 0.202. The molecule has 8 heteroatoms. The van der Waals surface area contributed by atoms with E-state index in [2.05, 4.69) is 20.9 Å². The van der Waals surface area contributed by atoms with Crippen LogP contribution in [0.3, 0.4) is 0 Å². The fraction of sp³-hybridized carbons (Fsp3) is 0.364. The summed E-state index contributed by atoms with van der Waals surface area (Å²) < 4.78 is 4.96. The molecule has 1 aromatic heterocycles. The number of aryl methyl sites for hydroxylation is 1. The van der Waals surface area contributed by atoms with Gasteiger partial charge >= 0.3 is 5.97 Å². The third-order valence-electron chi connectivity index (χ3n) is 2.47. The SMILES string of the molecule is CCOC(=O)c1[nH]c(C)c(/C=N/NC(=S)NN)c1C. The predicted octanol–water partition coefficient (Wildman–Crippen LogP) is 0.480. The molecule has 5 N–H and O–H groups in total. The van der Waals surface area contributed by atoms with Crippen LogP contribution in [-0.4, -0.2) is 28.9 Å². The number of hydrogen-bond donors (Lipinski definition) is 4. The highest BCUT2D eigenvalue weighted by Gasteiger charge is 2.17. The molecule has 0 saturated heterocycles. The highest BCUT2D eigenvalue weighted by Crippen LogP contribution is 2.16. The maximum atomic E-state index is 11.7. The van der Waals surface area contributed by atoms with Gasteiger partial charge in [-0.2, -0.15) is 5.10 Å². The van der Waals surface area contributed by atoms with Crippen LogP contribution in [0, 0.1) is 13.8 Å². The van der Waals surface area contributed by atoms with E-state index in [-0.39, 0.29) is 11.1 Å². The summed E-state index contributed by atoms with van der Waals surface area (Å²) in [6, 6.07) is 0. The number of rotatable bonds is 4. The number of carbonyl (C=O) groups is 1. The molecule has 0 aliphatic carbocycles. The topological polar surface area (TPSA) is 105 Å². The third-order valence-corrected chi connectivity index (χ3v) is 2.68. The van der Waals surface area contributed by atoms with Crippen molar-refractivity contribution >= 4 is 29.5 Å². The molecule has 104 valence electrons. The number of ether oxygens (including phenoxy) is 1. The van der Waals surface area contributed by atoms with Gasteiger partial charge < -0.3 is 9.72 Å². The molecule has 0 atom stereocenters. The van der Waals surface area contributed by atoms with E-state index in [0.29, 0.717) is 12.3 Å². The number of aromatic amines is 1. The van der Waals surface area contributed by atoms with E-state index in [0.717, 1.165) is 16.8 Å². The van der Waals surface area contributed by atoms with Crippen LogP contribution in [0.25, 0.3) is 0 Å². The first kappa shape index (κ1) is 15.1. The minimum atomic E-state index is -0.380.